The number of fused-ring (bicyclic) bond motifs is 1. The fourth-order valence-electron chi connectivity index (χ4n) is 3.15. The molecule has 0 fully saturated rings. The van der Waals surface area contributed by atoms with Crippen LogP contribution in [0.5, 0.6) is 0 Å². The number of carbonyl (C=O) groups excluding carboxylic acids is 1. The minimum Gasteiger partial charge on any atom is -0.381 e. The van der Waals surface area contributed by atoms with Crippen LogP contribution in [0, 0.1) is 5.92 Å². The van der Waals surface area contributed by atoms with Gasteiger partial charge in [0.15, 0.2) is 0 Å². The molecular formula is C23H28N2O2. The highest BCUT2D eigenvalue weighted by Gasteiger charge is 2.13. The van der Waals surface area contributed by atoms with Crippen molar-refractivity contribution < 1.29 is 9.53 Å². The molecule has 0 atom stereocenters. The van der Waals surface area contributed by atoms with E-state index in [1.807, 2.05) is 30.3 Å². The monoisotopic (exact) mass is 364 g/mol. The molecule has 0 saturated carbocycles. The predicted molar refractivity (Wildman–Crippen MR) is 111 cm³/mol. The SMILES string of the molecule is CC(C)COCCCNC(=O)Cn1c(-c2ccccc2)cc2ccccc21. The second-order valence-corrected chi connectivity index (χ2v) is 7.21. The van der Waals surface area contributed by atoms with E-state index in [1.165, 1.54) is 0 Å². The molecule has 2 aromatic carbocycles. The third-order valence-corrected chi connectivity index (χ3v) is 4.42. The molecule has 27 heavy (non-hydrogen) atoms. The Balaban J connectivity index is 1.66. The molecule has 0 unspecified atom stereocenters. The summed E-state index contributed by atoms with van der Waals surface area (Å²) in [5.74, 6) is 0.565. The lowest BCUT2D eigenvalue weighted by Gasteiger charge is -2.12. The standard InChI is InChI=1S/C23H28N2O2/c1-18(2)17-27-14-8-13-24-23(26)16-25-21-12-7-6-11-20(21)15-22(25)19-9-4-3-5-10-19/h3-7,9-12,15,18H,8,13-14,16-17H2,1-2H3,(H,24,26). The van der Waals surface area contributed by atoms with Crippen molar-refractivity contribution >= 4 is 16.8 Å². The molecule has 3 rings (SSSR count). The van der Waals surface area contributed by atoms with Crippen molar-refractivity contribution in [2.45, 2.75) is 26.8 Å². The number of ether oxygens (including phenoxy) is 1. The smallest absolute Gasteiger partial charge is 0.239 e. The average molecular weight is 364 g/mol. The van der Waals surface area contributed by atoms with Crippen LogP contribution in [0.2, 0.25) is 0 Å². The number of para-hydroxylation sites is 1. The predicted octanol–water partition coefficient (Wildman–Crippen LogP) is 4.49. The summed E-state index contributed by atoms with van der Waals surface area (Å²) in [6.45, 7) is 6.66. The number of carbonyl (C=O) groups is 1. The Morgan fingerprint density at radius 3 is 2.59 bits per heavy atom. The van der Waals surface area contributed by atoms with Gasteiger partial charge in [-0.2, -0.15) is 0 Å². The van der Waals surface area contributed by atoms with Gasteiger partial charge in [0, 0.05) is 36.4 Å². The summed E-state index contributed by atoms with van der Waals surface area (Å²) in [6.07, 6.45) is 0.830. The van der Waals surface area contributed by atoms with Crippen LogP contribution >= 0.6 is 0 Å². The van der Waals surface area contributed by atoms with E-state index in [9.17, 15) is 4.79 Å². The van der Waals surface area contributed by atoms with Crippen molar-refractivity contribution in [2.75, 3.05) is 19.8 Å². The van der Waals surface area contributed by atoms with Crippen LogP contribution in [-0.4, -0.2) is 30.2 Å². The molecule has 142 valence electrons. The van der Waals surface area contributed by atoms with Crippen LogP contribution in [0.3, 0.4) is 0 Å². The van der Waals surface area contributed by atoms with Crippen LogP contribution in [0.1, 0.15) is 20.3 Å². The molecule has 1 N–H and O–H groups in total. The fraction of sp³-hybridized carbons (Fsp3) is 0.348. The van der Waals surface area contributed by atoms with Gasteiger partial charge in [-0.05, 0) is 30.0 Å². The van der Waals surface area contributed by atoms with Crippen LogP contribution in [0.15, 0.2) is 60.7 Å². The number of hydrogen-bond acceptors (Lipinski definition) is 2. The lowest BCUT2D eigenvalue weighted by molar-refractivity contribution is -0.121. The number of benzene rings is 2. The summed E-state index contributed by atoms with van der Waals surface area (Å²) in [4.78, 5) is 12.5. The van der Waals surface area contributed by atoms with Gasteiger partial charge in [0.25, 0.3) is 0 Å². The van der Waals surface area contributed by atoms with Crippen molar-refractivity contribution in [3.05, 3.63) is 60.7 Å². The first-order valence-corrected chi connectivity index (χ1v) is 9.63. The lowest BCUT2D eigenvalue weighted by atomic mass is 10.1. The molecule has 0 spiro atoms. The van der Waals surface area contributed by atoms with E-state index < -0.39 is 0 Å². The third kappa shape index (κ3) is 5.20. The number of aromatic nitrogens is 1. The van der Waals surface area contributed by atoms with Crippen LogP contribution < -0.4 is 5.32 Å². The summed E-state index contributed by atoms with van der Waals surface area (Å²) in [6, 6.07) is 20.5. The van der Waals surface area contributed by atoms with Crippen LogP contribution in [-0.2, 0) is 16.1 Å². The Morgan fingerprint density at radius 2 is 1.81 bits per heavy atom. The maximum atomic E-state index is 12.5. The van der Waals surface area contributed by atoms with Crippen molar-refractivity contribution in [1.29, 1.82) is 0 Å². The van der Waals surface area contributed by atoms with Gasteiger partial charge in [0.1, 0.15) is 6.54 Å². The van der Waals surface area contributed by atoms with Gasteiger partial charge in [0.2, 0.25) is 5.91 Å². The molecule has 0 radical (unpaired) electrons. The highest BCUT2D eigenvalue weighted by Crippen LogP contribution is 2.28. The molecule has 1 aromatic heterocycles. The van der Waals surface area contributed by atoms with E-state index in [4.69, 9.17) is 4.74 Å². The molecule has 0 bridgehead atoms. The van der Waals surface area contributed by atoms with Crippen molar-refractivity contribution in [3.63, 3.8) is 0 Å². The Morgan fingerprint density at radius 1 is 1.07 bits per heavy atom. The van der Waals surface area contributed by atoms with E-state index in [0.29, 0.717) is 25.6 Å². The van der Waals surface area contributed by atoms with E-state index >= 15 is 0 Å². The number of nitrogens with one attached hydrogen (secondary N) is 1. The molecular weight excluding hydrogens is 336 g/mol. The maximum Gasteiger partial charge on any atom is 0.239 e. The zero-order valence-corrected chi connectivity index (χ0v) is 16.2. The number of nitrogens with zero attached hydrogens (tertiary/aromatic N) is 1. The average Bonchev–Trinajstić information content (AvgIpc) is 3.03. The Bertz CT molecular complexity index is 868. The van der Waals surface area contributed by atoms with Gasteiger partial charge >= 0.3 is 0 Å². The molecule has 4 heteroatoms. The van der Waals surface area contributed by atoms with Gasteiger partial charge in [-0.25, -0.2) is 0 Å². The second-order valence-electron chi connectivity index (χ2n) is 7.21. The highest BCUT2D eigenvalue weighted by atomic mass is 16.5. The summed E-state index contributed by atoms with van der Waals surface area (Å²) < 4.78 is 7.65. The summed E-state index contributed by atoms with van der Waals surface area (Å²) in [5.41, 5.74) is 3.25. The fourth-order valence-corrected chi connectivity index (χ4v) is 3.15. The minimum atomic E-state index is 0.0254. The Kier molecular flexibility index (Phi) is 6.66. The van der Waals surface area contributed by atoms with Gasteiger partial charge in [-0.1, -0.05) is 62.4 Å². The van der Waals surface area contributed by atoms with Crippen molar-refractivity contribution in [3.8, 4) is 11.3 Å². The first-order valence-electron chi connectivity index (χ1n) is 9.63. The summed E-state index contributed by atoms with van der Waals surface area (Å²) >= 11 is 0. The molecule has 0 aliphatic rings. The number of amides is 1. The molecule has 0 aliphatic heterocycles. The molecule has 3 aromatic rings. The minimum absolute atomic E-state index is 0.0254. The quantitative estimate of drug-likeness (QED) is 0.569. The lowest BCUT2D eigenvalue weighted by Crippen LogP contribution is -2.29. The zero-order valence-electron chi connectivity index (χ0n) is 16.2. The van der Waals surface area contributed by atoms with Gasteiger partial charge in [-0.15, -0.1) is 0 Å². The van der Waals surface area contributed by atoms with Gasteiger partial charge in [0.05, 0.1) is 0 Å². The van der Waals surface area contributed by atoms with E-state index in [1.54, 1.807) is 0 Å². The summed E-state index contributed by atoms with van der Waals surface area (Å²) in [7, 11) is 0. The second kappa shape index (κ2) is 9.38. The van der Waals surface area contributed by atoms with E-state index in [0.717, 1.165) is 35.2 Å². The van der Waals surface area contributed by atoms with Gasteiger partial charge in [-0.3, -0.25) is 4.79 Å². The van der Waals surface area contributed by atoms with E-state index in [2.05, 4.69) is 54.1 Å². The Labute approximate surface area is 161 Å². The first-order chi connectivity index (χ1) is 13.1. The zero-order chi connectivity index (χ0) is 19.1. The van der Waals surface area contributed by atoms with Crippen LogP contribution in [0.4, 0.5) is 0 Å². The molecule has 1 amide bonds. The van der Waals surface area contributed by atoms with Crippen molar-refractivity contribution in [1.82, 2.24) is 9.88 Å². The van der Waals surface area contributed by atoms with Crippen molar-refractivity contribution in [2.24, 2.45) is 5.92 Å². The van der Waals surface area contributed by atoms with Crippen LogP contribution in [0.25, 0.3) is 22.2 Å². The van der Waals surface area contributed by atoms with Gasteiger partial charge < -0.3 is 14.6 Å². The normalized spacial score (nSPS) is 11.2. The number of hydrogen-bond donors (Lipinski definition) is 1. The molecule has 4 nitrogen and oxygen atoms in total. The topological polar surface area (TPSA) is 43.3 Å². The Hall–Kier alpha value is -2.59. The third-order valence-electron chi connectivity index (χ3n) is 4.42. The summed E-state index contributed by atoms with van der Waals surface area (Å²) in [5, 5.41) is 4.16. The molecule has 0 aliphatic carbocycles. The first kappa shape index (κ1) is 19.2. The van der Waals surface area contributed by atoms with E-state index in [-0.39, 0.29) is 5.91 Å². The molecule has 0 saturated heterocycles. The highest BCUT2D eigenvalue weighted by molar-refractivity contribution is 5.89. The number of rotatable bonds is 9. The largest absolute Gasteiger partial charge is 0.381 e. The maximum absolute atomic E-state index is 12.5. The molecule has 1 heterocycles.